The Morgan fingerprint density at radius 1 is 1.40 bits per heavy atom. The van der Waals surface area contributed by atoms with Crippen LogP contribution in [0.15, 0.2) is 54.1 Å². The Bertz CT molecular complexity index is 537. The number of carboxylic acid groups (broad SMARTS) is 1. The zero-order valence-electron chi connectivity index (χ0n) is 10.8. The van der Waals surface area contributed by atoms with Gasteiger partial charge in [0.25, 0.3) is 0 Å². The zero-order chi connectivity index (χ0) is 14.6. The lowest BCUT2D eigenvalue weighted by Gasteiger charge is -2.22. The third kappa shape index (κ3) is 4.21. The van der Waals surface area contributed by atoms with Gasteiger partial charge in [0, 0.05) is 18.5 Å². The maximum atomic E-state index is 11.3. The Labute approximate surface area is 125 Å². The maximum absolute atomic E-state index is 11.3. The largest absolute Gasteiger partial charge is 0.480 e. The summed E-state index contributed by atoms with van der Waals surface area (Å²) in [5.74, 6) is -0.900. The number of hydrogen-bond acceptors (Lipinski definition) is 3. The number of aliphatic hydroxyl groups is 1. The molecular formula is C15H16BrNO3. The lowest BCUT2D eigenvalue weighted by Crippen LogP contribution is -2.30. The fourth-order valence-electron chi connectivity index (χ4n) is 1.97. The van der Waals surface area contributed by atoms with Gasteiger partial charge in [-0.05, 0) is 39.7 Å². The SMILES string of the molecule is O=C(O)C(CC1=CCC(O)(Br)C=C1)Nc1ccccc1. The van der Waals surface area contributed by atoms with Gasteiger partial charge in [-0.25, -0.2) is 4.79 Å². The minimum absolute atomic E-state index is 0.365. The second-order valence-corrected chi connectivity index (χ2v) is 6.11. The normalized spacial score (nSPS) is 23.0. The fourth-order valence-corrected chi connectivity index (χ4v) is 2.26. The quantitative estimate of drug-likeness (QED) is 0.722. The second-order valence-electron chi connectivity index (χ2n) is 4.74. The van der Waals surface area contributed by atoms with Crippen LogP contribution in [-0.4, -0.2) is 26.7 Å². The average molecular weight is 338 g/mol. The molecule has 5 heteroatoms. The van der Waals surface area contributed by atoms with Gasteiger partial charge in [-0.2, -0.15) is 0 Å². The van der Waals surface area contributed by atoms with Crippen LogP contribution in [0.3, 0.4) is 0 Å². The summed E-state index contributed by atoms with van der Waals surface area (Å²) in [6.45, 7) is 0. The molecule has 0 spiro atoms. The van der Waals surface area contributed by atoms with Crippen LogP contribution >= 0.6 is 15.9 Å². The van der Waals surface area contributed by atoms with Crippen molar-refractivity contribution in [1.29, 1.82) is 0 Å². The van der Waals surface area contributed by atoms with Crippen molar-refractivity contribution >= 4 is 27.6 Å². The zero-order valence-corrected chi connectivity index (χ0v) is 12.4. The molecule has 1 aliphatic carbocycles. The number of carboxylic acids is 1. The number of alkyl halides is 1. The molecule has 0 fully saturated rings. The van der Waals surface area contributed by atoms with Gasteiger partial charge in [0.2, 0.25) is 0 Å². The number of allylic oxidation sites excluding steroid dienone is 1. The summed E-state index contributed by atoms with van der Waals surface area (Å²) in [6.07, 6.45) is 6.02. The first kappa shape index (κ1) is 14.8. The number of nitrogens with one attached hydrogen (secondary N) is 1. The molecule has 0 amide bonds. The third-order valence-corrected chi connectivity index (χ3v) is 3.64. The van der Waals surface area contributed by atoms with Crippen LogP contribution in [0, 0.1) is 0 Å². The molecule has 0 saturated heterocycles. The lowest BCUT2D eigenvalue weighted by molar-refractivity contribution is -0.137. The highest BCUT2D eigenvalue weighted by Gasteiger charge is 2.23. The van der Waals surface area contributed by atoms with Crippen molar-refractivity contribution in [2.45, 2.75) is 23.4 Å². The first-order valence-electron chi connectivity index (χ1n) is 6.30. The molecule has 1 aromatic carbocycles. The second kappa shape index (κ2) is 6.24. The summed E-state index contributed by atoms with van der Waals surface area (Å²) in [7, 11) is 0. The number of aliphatic carboxylic acids is 1. The Balaban J connectivity index is 2.03. The molecule has 4 nitrogen and oxygen atoms in total. The smallest absolute Gasteiger partial charge is 0.326 e. The van der Waals surface area contributed by atoms with E-state index in [-0.39, 0.29) is 0 Å². The van der Waals surface area contributed by atoms with Crippen LogP contribution in [0.25, 0.3) is 0 Å². The van der Waals surface area contributed by atoms with E-state index in [1.807, 2.05) is 36.4 Å². The molecule has 0 saturated carbocycles. The average Bonchev–Trinajstić information content (AvgIpc) is 2.41. The molecule has 1 aliphatic rings. The van der Waals surface area contributed by atoms with E-state index >= 15 is 0 Å². The molecule has 2 atom stereocenters. The van der Waals surface area contributed by atoms with Gasteiger partial charge in [0.05, 0.1) is 0 Å². The molecule has 106 valence electrons. The van der Waals surface area contributed by atoms with Crippen LogP contribution in [0.4, 0.5) is 5.69 Å². The molecule has 3 N–H and O–H groups in total. The topological polar surface area (TPSA) is 69.6 Å². The van der Waals surface area contributed by atoms with Gasteiger partial charge >= 0.3 is 5.97 Å². The monoisotopic (exact) mass is 337 g/mol. The van der Waals surface area contributed by atoms with Crippen molar-refractivity contribution in [3.05, 3.63) is 54.1 Å². The molecule has 2 rings (SSSR count). The van der Waals surface area contributed by atoms with Gasteiger partial charge in [0.15, 0.2) is 0 Å². The molecule has 0 aliphatic heterocycles. The highest BCUT2D eigenvalue weighted by atomic mass is 79.9. The van der Waals surface area contributed by atoms with Crippen LogP contribution < -0.4 is 5.32 Å². The van der Waals surface area contributed by atoms with Crippen LogP contribution in [0.5, 0.6) is 0 Å². The van der Waals surface area contributed by atoms with Gasteiger partial charge in [-0.1, -0.05) is 30.4 Å². The van der Waals surface area contributed by atoms with Crippen molar-refractivity contribution in [3.63, 3.8) is 0 Å². The van der Waals surface area contributed by atoms with E-state index in [9.17, 15) is 15.0 Å². The fraction of sp³-hybridized carbons (Fsp3) is 0.267. The summed E-state index contributed by atoms with van der Waals surface area (Å²) in [5.41, 5.74) is 1.67. The highest BCUT2D eigenvalue weighted by molar-refractivity contribution is 9.10. The van der Waals surface area contributed by atoms with E-state index in [0.29, 0.717) is 12.8 Å². The predicted molar refractivity (Wildman–Crippen MR) is 81.8 cm³/mol. The predicted octanol–water partition coefficient (Wildman–Crippen LogP) is 2.91. The summed E-state index contributed by atoms with van der Waals surface area (Å²) >= 11 is 3.16. The third-order valence-electron chi connectivity index (χ3n) is 3.06. The first-order valence-corrected chi connectivity index (χ1v) is 7.09. The van der Waals surface area contributed by atoms with Crippen LogP contribution in [0.1, 0.15) is 12.8 Å². The molecule has 0 aromatic heterocycles. The highest BCUT2D eigenvalue weighted by Crippen LogP contribution is 2.28. The molecule has 2 unspecified atom stereocenters. The maximum Gasteiger partial charge on any atom is 0.326 e. The summed E-state index contributed by atoms with van der Waals surface area (Å²) < 4.78 is -1.01. The van der Waals surface area contributed by atoms with Crippen LogP contribution in [0.2, 0.25) is 0 Å². The van der Waals surface area contributed by atoms with Crippen molar-refractivity contribution in [2.24, 2.45) is 0 Å². The Morgan fingerprint density at radius 3 is 2.65 bits per heavy atom. The lowest BCUT2D eigenvalue weighted by atomic mass is 9.98. The van der Waals surface area contributed by atoms with E-state index in [2.05, 4.69) is 21.2 Å². The Hall–Kier alpha value is -1.59. The van der Waals surface area contributed by atoms with Gasteiger partial charge < -0.3 is 15.5 Å². The minimum atomic E-state index is -1.01. The molecule has 1 aromatic rings. The minimum Gasteiger partial charge on any atom is -0.480 e. The van der Waals surface area contributed by atoms with E-state index in [0.717, 1.165) is 11.3 Å². The van der Waals surface area contributed by atoms with Gasteiger partial charge in [-0.15, -0.1) is 0 Å². The summed E-state index contributed by atoms with van der Waals surface area (Å²) in [5, 5.41) is 22.0. The summed E-state index contributed by atoms with van der Waals surface area (Å²) in [6, 6.07) is 8.55. The number of hydrogen-bond donors (Lipinski definition) is 3. The van der Waals surface area contributed by atoms with Gasteiger partial charge in [-0.3, -0.25) is 0 Å². The molecular weight excluding hydrogens is 322 g/mol. The Kier molecular flexibility index (Phi) is 4.62. The van der Waals surface area contributed by atoms with Crippen LogP contribution in [-0.2, 0) is 4.79 Å². The molecule has 20 heavy (non-hydrogen) atoms. The van der Waals surface area contributed by atoms with Gasteiger partial charge in [0.1, 0.15) is 10.6 Å². The number of halogens is 1. The van der Waals surface area contributed by atoms with Crippen molar-refractivity contribution < 1.29 is 15.0 Å². The van der Waals surface area contributed by atoms with E-state index in [1.165, 1.54) is 0 Å². The molecule has 0 bridgehead atoms. The number of anilines is 1. The standard InChI is InChI=1S/C15H16BrNO3/c16-15(20)8-6-11(7-9-15)10-13(14(18)19)17-12-4-2-1-3-5-12/h1-8,13,17,20H,9-10H2,(H,18,19). The first-order chi connectivity index (χ1) is 9.46. The number of rotatable bonds is 5. The summed E-state index contributed by atoms with van der Waals surface area (Å²) in [4.78, 5) is 11.3. The number of benzene rings is 1. The van der Waals surface area contributed by atoms with E-state index in [4.69, 9.17) is 0 Å². The van der Waals surface area contributed by atoms with E-state index < -0.39 is 16.5 Å². The van der Waals surface area contributed by atoms with Crippen molar-refractivity contribution in [2.75, 3.05) is 5.32 Å². The number of para-hydroxylation sites is 1. The van der Waals surface area contributed by atoms with Crippen molar-refractivity contribution in [1.82, 2.24) is 0 Å². The molecule has 0 radical (unpaired) electrons. The Morgan fingerprint density at radius 2 is 2.10 bits per heavy atom. The number of carbonyl (C=O) groups is 1. The van der Waals surface area contributed by atoms with E-state index in [1.54, 1.807) is 12.2 Å². The van der Waals surface area contributed by atoms with Crippen molar-refractivity contribution in [3.8, 4) is 0 Å². The molecule has 0 heterocycles.